The van der Waals surface area contributed by atoms with Gasteiger partial charge in [-0.15, -0.1) is 11.8 Å². The number of hydrogen-bond donors (Lipinski definition) is 1. The summed E-state index contributed by atoms with van der Waals surface area (Å²) in [4.78, 5) is 7.82. The van der Waals surface area contributed by atoms with Crippen molar-refractivity contribution >= 4 is 23.4 Å². The normalized spacial score (nSPS) is 17.9. The zero-order valence-electron chi connectivity index (χ0n) is 12.3. The van der Waals surface area contributed by atoms with Crippen LogP contribution in [-0.2, 0) is 0 Å². The van der Waals surface area contributed by atoms with Gasteiger partial charge in [-0.2, -0.15) is 0 Å². The fourth-order valence-electron chi connectivity index (χ4n) is 2.60. The summed E-state index contributed by atoms with van der Waals surface area (Å²) in [6.45, 7) is 2.79. The van der Waals surface area contributed by atoms with Gasteiger partial charge in [0.2, 0.25) is 0 Å². The molecule has 0 aliphatic carbocycles. The van der Waals surface area contributed by atoms with Crippen LogP contribution in [0.5, 0.6) is 0 Å². The van der Waals surface area contributed by atoms with Gasteiger partial charge >= 0.3 is 0 Å². The average Bonchev–Trinajstić information content (AvgIpc) is 2.90. The SMILES string of the molecule is CSc1ccc(C2CN=C(N)N2c2ccc(C)cc2)cc1. The molecule has 0 saturated carbocycles. The summed E-state index contributed by atoms with van der Waals surface area (Å²) in [6.07, 6.45) is 2.09. The van der Waals surface area contributed by atoms with Crippen LogP contribution in [0.4, 0.5) is 5.69 Å². The quantitative estimate of drug-likeness (QED) is 0.880. The molecule has 0 amide bonds. The van der Waals surface area contributed by atoms with Crippen LogP contribution in [0.3, 0.4) is 0 Å². The average molecular weight is 297 g/mol. The van der Waals surface area contributed by atoms with Crippen molar-refractivity contribution in [1.29, 1.82) is 0 Å². The second kappa shape index (κ2) is 5.82. The van der Waals surface area contributed by atoms with Crippen LogP contribution in [0, 0.1) is 6.92 Å². The van der Waals surface area contributed by atoms with Gasteiger partial charge in [0, 0.05) is 10.6 Å². The summed E-state index contributed by atoms with van der Waals surface area (Å²) in [7, 11) is 0. The Bertz CT molecular complexity index is 647. The van der Waals surface area contributed by atoms with Gasteiger partial charge in [-0.1, -0.05) is 29.8 Å². The van der Waals surface area contributed by atoms with Crippen molar-refractivity contribution in [2.24, 2.45) is 10.7 Å². The number of aryl methyl sites for hydroxylation is 1. The number of rotatable bonds is 3. The standard InChI is InChI=1S/C17H19N3S/c1-12-3-7-14(8-4-12)20-16(11-19-17(20)18)13-5-9-15(21-2)10-6-13/h3-10,16H,11H2,1-2H3,(H2,18,19). The minimum absolute atomic E-state index is 0.184. The largest absolute Gasteiger partial charge is 0.369 e. The molecule has 2 N–H and O–H groups in total. The Morgan fingerprint density at radius 3 is 2.38 bits per heavy atom. The number of hydrogen-bond acceptors (Lipinski definition) is 4. The van der Waals surface area contributed by atoms with Crippen molar-refractivity contribution in [3.63, 3.8) is 0 Å². The van der Waals surface area contributed by atoms with E-state index in [9.17, 15) is 0 Å². The van der Waals surface area contributed by atoms with Gasteiger partial charge in [0.25, 0.3) is 0 Å². The first kappa shape index (κ1) is 14.0. The molecule has 0 spiro atoms. The highest BCUT2D eigenvalue weighted by atomic mass is 32.2. The lowest BCUT2D eigenvalue weighted by atomic mass is 10.1. The molecule has 0 radical (unpaired) electrons. The Morgan fingerprint density at radius 2 is 1.76 bits per heavy atom. The highest BCUT2D eigenvalue weighted by Gasteiger charge is 2.28. The summed E-state index contributed by atoms with van der Waals surface area (Å²) in [5.41, 5.74) is 9.69. The molecule has 4 heteroatoms. The number of nitrogens with zero attached hydrogens (tertiary/aromatic N) is 2. The van der Waals surface area contributed by atoms with Crippen molar-refractivity contribution in [3.8, 4) is 0 Å². The highest BCUT2D eigenvalue weighted by molar-refractivity contribution is 7.98. The molecule has 0 aromatic heterocycles. The zero-order chi connectivity index (χ0) is 14.8. The van der Waals surface area contributed by atoms with Gasteiger partial charge in [0.15, 0.2) is 5.96 Å². The van der Waals surface area contributed by atoms with E-state index in [1.807, 2.05) is 0 Å². The van der Waals surface area contributed by atoms with Crippen LogP contribution in [0.1, 0.15) is 17.2 Å². The zero-order valence-corrected chi connectivity index (χ0v) is 13.1. The second-order valence-electron chi connectivity index (χ2n) is 5.19. The van der Waals surface area contributed by atoms with Crippen molar-refractivity contribution in [3.05, 3.63) is 59.7 Å². The number of anilines is 1. The first-order valence-electron chi connectivity index (χ1n) is 6.99. The topological polar surface area (TPSA) is 41.6 Å². The summed E-state index contributed by atoms with van der Waals surface area (Å²) in [5, 5.41) is 0. The predicted octanol–water partition coefficient (Wildman–Crippen LogP) is 3.59. The summed E-state index contributed by atoms with van der Waals surface area (Å²) < 4.78 is 0. The second-order valence-corrected chi connectivity index (χ2v) is 6.07. The molecular weight excluding hydrogens is 278 g/mol. The van der Waals surface area contributed by atoms with Crippen LogP contribution in [0.15, 0.2) is 58.4 Å². The number of aliphatic imine (C=N–C) groups is 1. The van der Waals surface area contributed by atoms with Gasteiger partial charge < -0.3 is 10.6 Å². The lowest BCUT2D eigenvalue weighted by molar-refractivity contribution is 0.767. The summed E-state index contributed by atoms with van der Waals surface area (Å²) in [5.74, 6) is 0.595. The Labute approximate surface area is 129 Å². The van der Waals surface area contributed by atoms with Gasteiger partial charge in [0.05, 0.1) is 12.6 Å². The Kier molecular flexibility index (Phi) is 3.88. The third-order valence-corrected chi connectivity index (χ3v) is 4.54. The fourth-order valence-corrected chi connectivity index (χ4v) is 3.00. The first-order valence-corrected chi connectivity index (χ1v) is 8.21. The van der Waals surface area contributed by atoms with Crippen LogP contribution < -0.4 is 10.6 Å². The molecule has 1 unspecified atom stereocenters. The van der Waals surface area contributed by atoms with Crippen molar-refractivity contribution in [2.75, 3.05) is 17.7 Å². The molecule has 2 aromatic carbocycles. The van der Waals surface area contributed by atoms with Crippen LogP contribution in [-0.4, -0.2) is 18.8 Å². The molecule has 21 heavy (non-hydrogen) atoms. The molecule has 1 atom stereocenters. The van der Waals surface area contributed by atoms with Crippen LogP contribution in [0.25, 0.3) is 0 Å². The molecule has 0 saturated heterocycles. The number of thioether (sulfide) groups is 1. The molecule has 108 valence electrons. The lowest BCUT2D eigenvalue weighted by Crippen LogP contribution is -2.36. The van der Waals surface area contributed by atoms with E-state index in [4.69, 9.17) is 5.73 Å². The highest BCUT2D eigenvalue weighted by Crippen LogP contribution is 2.32. The monoisotopic (exact) mass is 297 g/mol. The molecule has 1 aliphatic rings. The first-order chi connectivity index (χ1) is 10.2. The van der Waals surface area contributed by atoms with Gasteiger partial charge in [-0.25, -0.2) is 0 Å². The lowest BCUT2D eigenvalue weighted by Gasteiger charge is -2.27. The third-order valence-electron chi connectivity index (χ3n) is 3.80. The maximum atomic E-state index is 6.10. The van der Waals surface area contributed by atoms with Crippen molar-refractivity contribution < 1.29 is 0 Å². The maximum absolute atomic E-state index is 6.10. The van der Waals surface area contributed by atoms with Gasteiger partial charge in [-0.3, -0.25) is 4.99 Å². The maximum Gasteiger partial charge on any atom is 0.196 e. The summed E-state index contributed by atoms with van der Waals surface area (Å²) in [6, 6.07) is 17.3. The third kappa shape index (κ3) is 2.76. The van der Waals surface area contributed by atoms with E-state index in [1.165, 1.54) is 16.0 Å². The molecule has 0 bridgehead atoms. The minimum atomic E-state index is 0.184. The molecule has 1 aliphatic heterocycles. The van der Waals surface area contributed by atoms with Crippen LogP contribution in [0.2, 0.25) is 0 Å². The van der Waals surface area contributed by atoms with Gasteiger partial charge in [-0.05, 0) is 43.0 Å². The number of nitrogens with two attached hydrogens (primary N) is 1. The molecular formula is C17H19N3S. The van der Waals surface area contributed by atoms with Crippen LogP contribution >= 0.6 is 11.8 Å². The van der Waals surface area contributed by atoms with Crippen molar-refractivity contribution in [1.82, 2.24) is 0 Å². The van der Waals surface area contributed by atoms with E-state index in [2.05, 4.69) is 71.6 Å². The molecule has 2 aromatic rings. The van der Waals surface area contributed by atoms with Gasteiger partial charge in [0.1, 0.15) is 0 Å². The van der Waals surface area contributed by atoms with E-state index in [0.29, 0.717) is 12.5 Å². The molecule has 3 nitrogen and oxygen atoms in total. The number of benzene rings is 2. The van der Waals surface area contributed by atoms with E-state index >= 15 is 0 Å². The number of guanidine groups is 1. The molecule has 3 rings (SSSR count). The van der Waals surface area contributed by atoms with E-state index in [-0.39, 0.29) is 6.04 Å². The summed E-state index contributed by atoms with van der Waals surface area (Å²) >= 11 is 1.75. The van der Waals surface area contributed by atoms with E-state index in [1.54, 1.807) is 11.8 Å². The Hall–Kier alpha value is -1.94. The predicted molar refractivity (Wildman–Crippen MR) is 91.1 cm³/mol. The Morgan fingerprint density at radius 1 is 1.10 bits per heavy atom. The van der Waals surface area contributed by atoms with Crippen molar-refractivity contribution in [2.45, 2.75) is 17.9 Å². The molecule has 1 heterocycles. The Balaban J connectivity index is 1.92. The minimum Gasteiger partial charge on any atom is -0.369 e. The molecule has 0 fully saturated rings. The fraction of sp³-hybridized carbons (Fsp3) is 0.235. The smallest absolute Gasteiger partial charge is 0.196 e. The van der Waals surface area contributed by atoms with E-state index < -0.39 is 0 Å². The van der Waals surface area contributed by atoms with E-state index in [0.717, 1.165) is 5.69 Å².